The fourth-order valence-electron chi connectivity index (χ4n) is 2.54. The Morgan fingerprint density at radius 1 is 1.50 bits per heavy atom. The summed E-state index contributed by atoms with van der Waals surface area (Å²) < 4.78 is 0. The summed E-state index contributed by atoms with van der Waals surface area (Å²) in [6, 6.07) is 0. The van der Waals surface area contributed by atoms with Crippen LogP contribution in [0.2, 0.25) is 0 Å². The van der Waals surface area contributed by atoms with Crippen LogP contribution < -0.4 is 5.73 Å². The second-order valence-corrected chi connectivity index (χ2v) is 5.64. The van der Waals surface area contributed by atoms with Crippen LogP contribution in [-0.2, 0) is 9.59 Å². The molecular formula is C13H24N4O3. The number of likely N-dealkylation sites (N-methyl/N-ethyl adjacent to an activating group) is 1. The normalized spacial score (nSPS) is 21.0. The maximum Gasteiger partial charge on any atom is 0.247 e. The number of carbonyl (C=O) groups excluding carboxylic acids is 2. The molecular weight excluding hydrogens is 260 g/mol. The second-order valence-electron chi connectivity index (χ2n) is 5.64. The molecule has 1 atom stereocenters. The van der Waals surface area contributed by atoms with Gasteiger partial charge in [-0.1, -0.05) is 18.5 Å². The first-order valence-corrected chi connectivity index (χ1v) is 6.81. The molecule has 0 aromatic rings. The van der Waals surface area contributed by atoms with Crippen molar-refractivity contribution >= 4 is 17.6 Å². The molecule has 1 saturated heterocycles. The number of rotatable bonds is 4. The minimum Gasteiger partial charge on any atom is -0.409 e. The minimum absolute atomic E-state index is 0.0981. The standard InChI is InChI=1S/C13H24N4O3/c1-5-6-9(10(14)15-20)11(18)17-8-7-16(4)12(19)13(17,2)3/h9,20H,5-8H2,1-4H3,(H2,14,15). The van der Waals surface area contributed by atoms with Crippen LogP contribution in [0.5, 0.6) is 0 Å². The van der Waals surface area contributed by atoms with Gasteiger partial charge >= 0.3 is 0 Å². The number of nitrogens with zero attached hydrogens (tertiary/aromatic N) is 3. The van der Waals surface area contributed by atoms with Crippen LogP contribution in [0.3, 0.4) is 0 Å². The van der Waals surface area contributed by atoms with E-state index in [4.69, 9.17) is 10.9 Å². The number of carbonyl (C=O) groups is 2. The molecule has 1 fully saturated rings. The molecule has 1 aliphatic rings. The van der Waals surface area contributed by atoms with Crippen LogP contribution in [0.25, 0.3) is 0 Å². The number of hydrogen-bond donors (Lipinski definition) is 2. The average molecular weight is 284 g/mol. The molecule has 0 bridgehead atoms. The van der Waals surface area contributed by atoms with Crippen LogP contribution in [0.15, 0.2) is 5.16 Å². The number of nitrogens with two attached hydrogens (primary N) is 1. The zero-order chi connectivity index (χ0) is 15.5. The van der Waals surface area contributed by atoms with E-state index in [1.54, 1.807) is 25.8 Å². The summed E-state index contributed by atoms with van der Waals surface area (Å²) in [5, 5.41) is 11.8. The Balaban J connectivity index is 3.02. The molecule has 1 aliphatic heterocycles. The second kappa shape index (κ2) is 6.11. The topological polar surface area (TPSA) is 99.2 Å². The lowest BCUT2D eigenvalue weighted by Crippen LogP contribution is -2.65. The molecule has 0 aliphatic carbocycles. The van der Waals surface area contributed by atoms with E-state index in [-0.39, 0.29) is 17.6 Å². The van der Waals surface area contributed by atoms with E-state index in [0.29, 0.717) is 19.5 Å². The maximum atomic E-state index is 12.6. The molecule has 114 valence electrons. The highest BCUT2D eigenvalue weighted by Crippen LogP contribution is 2.25. The first-order valence-electron chi connectivity index (χ1n) is 6.81. The molecule has 7 nitrogen and oxygen atoms in total. The Bertz CT molecular complexity index is 420. The molecule has 2 amide bonds. The van der Waals surface area contributed by atoms with E-state index < -0.39 is 11.5 Å². The van der Waals surface area contributed by atoms with Gasteiger partial charge in [0.1, 0.15) is 5.54 Å². The van der Waals surface area contributed by atoms with Gasteiger partial charge in [0.05, 0.1) is 5.92 Å². The third kappa shape index (κ3) is 2.86. The van der Waals surface area contributed by atoms with Gasteiger partial charge < -0.3 is 20.7 Å². The molecule has 7 heteroatoms. The molecule has 3 N–H and O–H groups in total. The highest BCUT2D eigenvalue weighted by molar-refractivity contribution is 6.04. The molecule has 0 spiro atoms. The SMILES string of the molecule is CCCC(C(=O)N1CCN(C)C(=O)C1(C)C)C(N)=NO. The van der Waals surface area contributed by atoms with Crippen molar-refractivity contribution in [3.05, 3.63) is 0 Å². The summed E-state index contributed by atoms with van der Waals surface area (Å²) >= 11 is 0. The van der Waals surface area contributed by atoms with Crippen molar-refractivity contribution in [2.24, 2.45) is 16.8 Å². The Labute approximate surface area is 119 Å². The first-order chi connectivity index (χ1) is 9.27. The van der Waals surface area contributed by atoms with E-state index in [9.17, 15) is 9.59 Å². The highest BCUT2D eigenvalue weighted by Gasteiger charge is 2.45. The van der Waals surface area contributed by atoms with Crippen molar-refractivity contribution in [3.8, 4) is 0 Å². The van der Waals surface area contributed by atoms with Gasteiger partial charge in [-0.3, -0.25) is 9.59 Å². The number of oxime groups is 1. The van der Waals surface area contributed by atoms with Gasteiger partial charge in [-0.05, 0) is 20.3 Å². The van der Waals surface area contributed by atoms with Gasteiger partial charge in [0.25, 0.3) is 0 Å². The smallest absolute Gasteiger partial charge is 0.247 e. The van der Waals surface area contributed by atoms with E-state index in [0.717, 1.165) is 6.42 Å². The van der Waals surface area contributed by atoms with Crippen LogP contribution in [0, 0.1) is 5.92 Å². The van der Waals surface area contributed by atoms with Crippen LogP contribution in [0.1, 0.15) is 33.6 Å². The monoisotopic (exact) mass is 284 g/mol. The number of amidine groups is 1. The van der Waals surface area contributed by atoms with Crippen LogP contribution >= 0.6 is 0 Å². The van der Waals surface area contributed by atoms with Gasteiger partial charge in [-0.25, -0.2) is 0 Å². The molecule has 1 heterocycles. The predicted octanol–water partition coefficient (Wildman–Crippen LogP) is 0.228. The van der Waals surface area contributed by atoms with E-state index in [2.05, 4.69) is 5.16 Å². The van der Waals surface area contributed by atoms with Gasteiger partial charge in [0.2, 0.25) is 11.8 Å². The predicted molar refractivity (Wildman–Crippen MR) is 75.2 cm³/mol. The summed E-state index contributed by atoms with van der Waals surface area (Å²) in [6.07, 6.45) is 1.22. The summed E-state index contributed by atoms with van der Waals surface area (Å²) in [7, 11) is 1.72. The molecule has 20 heavy (non-hydrogen) atoms. The molecule has 1 unspecified atom stereocenters. The minimum atomic E-state index is -0.911. The Morgan fingerprint density at radius 2 is 2.10 bits per heavy atom. The molecule has 0 radical (unpaired) electrons. The van der Waals surface area contributed by atoms with Crippen molar-refractivity contribution in [2.75, 3.05) is 20.1 Å². The lowest BCUT2D eigenvalue weighted by Gasteiger charge is -2.45. The molecule has 0 aromatic heterocycles. The highest BCUT2D eigenvalue weighted by atomic mass is 16.4. The van der Waals surface area contributed by atoms with Gasteiger partial charge in [-0.2, -0.15) is 0 Å². The van der Waals surface area contributed by atoms with Gasteiger partial charge in [0.15, 0.2) is 5.84 Å². The summed E-state index contributed by atoms with van der Waals surface area (Å²) in [5.41, 5.74) is 4.71. The Hall–Kier alpha value is -1.79. The van der Waals surface area contributed by atoms with Gasteiger partial charge in [-0.15, -0.1) is 0 Å². The largest absolute Gasteiger partial charge is 0.409 e. The zero-order valence-electron chi connectivity index (χ0n) is 12.6. The average Bonchev–Trinajstić information content (AvgIpc) is 2.41. The summed E-state index contributed by atoms with van der Waals surface area (Å²) in [4.78, 5) is 28.0. The summed E-state index contributed by atoms with van der Waals surface area (Å²) in [5.74, 6) is -1.14. The molecule has 0 saturated carbocycles. The lowest BCUT2D eigenvalue weighted by atomic mass is 9.93. The number of hydrogen-bond acceptors (Lipinski definition) is 4. The van der Waals surface area contributed by atoms with Gasteiger partial charge in [0, 0.05) is 20.1 Å². The van der Waals surface area contributed by atoms with Crippen LogP contribution in [-0.4, -0.2) is 58.3 Å². The van der Waals surface area contributed by atoms with Crippen molar-refractivity contribution in [1.82, 2.24) is 9.80 Å². The van der Waals surface area contributed by atoms with E-state index in [1.807, 2.05) is 6.92 Å². The van der Waals surface area contributed by atoms with E-state index in [1.165, 1.54) is 4.90 Å². The quantitative estimate of drug-likeness (QED) is 0.334. The Kier molecular flexibility index (Phi) is 4.97. The fourth-order valence-corrected chi connectivity index (χ4v) is 2.54. The maximum absolute atomic E-state index is 12.6. The lowest BCUT2D eigenvalue weighted by molar-refractivity contribution is -0.158. The van der Waals surface area contributed by atoms with Crippen molar-refractivity contribution < 1.29 is 14.8 Å². The van der Waals surface area contributed by atoms with Crippen LogP contribution in [0.4, 0.5) is 0 Å². The fraction of sp³-hybridized carbons (Fsp3) is 0.769. The molecule has 1 rings (SSSR count). The third-order valence-corrected chi connectivity index (χ3v) is 3.82. The van der Waals surface area contributed by atoms with Crippen molar-refractivity contribution in [3.63, 3.8) is 0 Å². The number of piperazine rings is 1. The first kappa shape index (κ1) is 16.3. The van der Waals surface area contributed by atoms with Crippen molar-refractivity contribution in [1.29, 1.82) is 0 Å². The summed E-state index contributed by atoms with van der Waals surface area (Å²) in [6.45, 7) is 6.30. The Morgan fingerprint density at radius 3 is 2.60 bits per heavy atom. The third-order valence-electron chi connectivity index (χ3n) is 3.82. The number of amides is 2. The van der Waals surface area contributed by atoms with E-state index >= 15 is 0 Å². The molecule has 0 aromatic carbocycles. The zero-order valence-corrected chi connectivity index (χ0v) is 12.6. The van der Waals surface area contributed by atoms with Crippen molar-refractivity contribution in [2.45, 2.75) is 39.2 Å².